The minimum atomic E-state index is 0.672. The van der Waals surface area contributed by atoms with E-state index in [0.29, 0.717) is 11.2 Å². The van der Waals surface area contributed by atoms with Crippen LogP contribution in [0.25, 0.3) is 0 Å². The number of nitrogens with one attached hydrogen (secondary N) is 1. The molecule has 0 spiro atoms. The van der Waals surface area contributed by atoms with E-state index in [0.717, 1.165) is 19.6 Å². The second kappa shape index (κ2) is 6.71. The molecule has 0 radical (unpaired) electrons. The Balaban J connectivity index is 1.52. The van der Waals surface area contributed by atoms with Crippen LogP contribution in [0.4, 0.5) is 0 Å². The van der Waals surface area contributed by atoms with Crippen LogP contribution in [0.5, 0.6) is 0 Å². The first-order valence-electron chi connectivity index (χ1n) is 7.80. The van der Waals surface area contributed by atoms with E-state index < -0.39 is 0 Å². The normalized spacial score (nSPS) is 17.4. The Labute approximate surface area is 131 Å². The van der Waals surface area contributed by atoms with Gasteiger partial charge in [0.2, 0.25) is 0 Å². The third-order valence-corrected chi connectivity index (χ3v) is 5.12. The number of rotatable bonds is 6. The molecule has 1 aliphatic rings. The zero-order valence-corrected chi connectivity index (χ0v) is 13.7. The molecule has 3 heteroatoms. The summed E-state index contributed by atoms with van der Waals surface area (Å²) < 4.78 is 2.34. The van der Waals surface area contributed by atoms with Crippen molar-refractivity contribution in [3.63, 3.8) is 0 Å². The molecule has 0 saturated heterocycles. The van der Waals surface area contributed by atoms with E-state index in [1.165, 1.54) is 22.4 Å². The molecule has 0 amide bonds. The van der Waals surface area contributed by atoms with Gasteiger partial charge in [-0.15, -0.1) is 11.8 Å². The summed E-state index contributed by atoms with van der Waals surface area (Å²) in [5.74, 6) is 0.709. The highest BCUT2D eigenvalue weighted by molar-refractivity contribution is 8.00. The topological polar surface area (TPSA) is 17.0 Å². The Kier molecular flexibility index (Phi) is 4.71. The first kappa shape index (κ1) is 14.7. The molecule has 21 heavy (non-hydrogen) atoms. The predicted octanol–water partition coefficient (Wildman–Crippen LogP) is 3.95. The molecular formula is C18H24N2S. The van der Waals surface area contributed by atoms with E-state index >= 15 is 0 Å². The average molecular weight is 300 g/mol. The number of nitrogens with zero attached hydrogens (tertiary/aromatic N) is 1. The Hall–Kier alpha value is -1.19. The van der Waals surface area contributed by atoms with Crippen LogP contribution in [0.3, 0.4) is 0 Å². The van der Waals surface area contributed by atoms with Crippen LogP contribution in [-0.4, -0.2) is 16.4 Å². The van der Waals surface area contributed by atoms with Crippen LogP contribution in [0, 0.1) is 5.92 Å². The average Bonchev–Trinajstić information content (AvgIpc) is 3.04. The SMILES string of the molecule is CC(C)CNCc1ccn(CC2Cc3ccccc3S2)c1. The van der Waals surface area contributed by atoms with Gasteiger partial charge in [0.05, 0.1) is 0 Å². The zero-order valence-electron chi connectivity index (χ0n) is 12.9. The summed E-state index contributed by atoms with van der Waals surface area (Å²) >= 11 is 2.03. The van der Waals surface area contributed by atoms with Gasteiger partial charge in [-0.25, -0.2) is 0 Å². The summed E-state index contributed by atoms with van der Waals surface area (Å²) in [6.07, 6.45) is 5.70. The molecule has 1 aliphatic heterocycles. The van der Waals surface area contributed by atoms with E-state index in [-0.39, 0.29) is 0 Å². The maximum atomic E-state index is 3.50. The van der Waals surface area contributed by atoms with E-state index in [1.807, 2.05) is 11.8 Å². The maximum Gasteiger partial charge on any atom is 0.0345 e. The third kappa shape index (κ3) is 3.92. The number of benzene rings is 1. The first-order chi connectivity index (χ1) is 10.2. The van der Waals surface area contributed by atoms with Crippen molar-refractivity contribution in [3.8, 4) is 0 Å². The number of hydrogen-bond donors (Lipinski definition) is 1. The lowest BCUT2D eigenvalue weighted by molar-refractivity contribution is 0.551. The van der Waals surface area contributed by atoms with Crippen LogP contribution >= 0.6 is 11.8 Å². The largest absolute Gasteiger partial charge is 0.353 e. The van der Waals surface area contributed by atoms with Gasteiger partial charge in [-0.1, -0.05) is 32.0 Å². The Bertz CT molecular complexity index is 563. The molecular weight excluding hydrogens is 276 g/mol. The van der Waals surface area contributed by atoms with Gasteiger partial charge in [0.15, 0.2) is 0 Å². The van der Waals surface area contributed by atoms with Gasteiger partial charge in [0.1, 0.15) is 0 Å². The molecule has 0 fully saturated rings. The summed E-state index contributed by atoms with van der Waals surface area (Å²) in [6.45, 7) is 7.64. The summed E-state index contributed by atoms with van der Waals surface area (Å²) in [5.41, 5.74) is 2.90. The van der Waals surface area contributed by atoms with Crippen molar-refractivity contribution in [2.75, 3.05) is 6.54 Å². The van der Waals surface area contributed by atoms with E-state index in [4.69, 9.17) is 0 Å². The van der Waals surface area contributed by atoms with Gasteiger partial charge in [-0.2, -0.15) is 0 Å². The molecule has 1 aromatic carbocycles. The molecule has 3 rings (SSSR count). The molecule has 0 aliphatic carbocycles. The van der Waals surface area contributed by atoms with Crippen molar-refractivity contribution in [1.29, 1.82) is 0 Å². The smallest absolute Gasteiger partial charge is 0.0345 e. The summed E-state index contributed by atoms with van der Waals surface area (Å²) in [6, 6.07) is 11.0. The number of aromatic nitrogens is 1. The van der Waals surface area contributed by atoms with Gasteiger partial charge >= 0.3 is 0 Å². The quantitative estimate of drug-likeness (QED) is 0.870. The molecule has 2 aromatic rings. The van der Waals surface area contributed by atoms with Crippen LogP contribution in [-0.2, 0) is 19.5 Å². The lowest BCUT2D eigenvalue weighted by Crippen LogP contribution is -2.18. The Morgan fingerprint density at radius 1 is 1.29 bits per heavy atom. The molecule has 112 valence electrons. The monoisotopic (exact) mass is 300 g/mol. The van der Waals surface area contributed by atoms with E-state index in [9.17, 15) is 0 Å². The minimum Gasteiger partial charge on any atom is -0.353 e. The third-order valence-electron chi connectivity index (χ3n) is 3.82. The lowest BCUT2D eigenvalue weighted by atomic mass is 10.1. The molecule has 1 N–H and O–H groups in total. The highest BCUT2D eigenvalue weighted by atomic mass is 32.2. The fourth-order valence-electron chi connectivity index (χ4n) is 2.80. The van der Waals surface area contributed by atoms with Gasteiger partial charge in [-0.3, -0.25) is 0 Å². The Morgan fingerprint density at radius 3 is 2.95 bits per heavy atom. The second-order valence-corrected chi connectivity index (χ2v) is 7.64. The highest BCUT2D eigenvalue weighted by Gasteiger charge is 2.21. The van der Waals surface area contributed by atoms with Crippen LogP contribution in [0.15, 0.2) is 47.6 Å². The number of fused-ring (bicyclic) bond motifs is 1. The van der Waals surface area contributed by atoms with Crippen LogP contribution < -0.4 is 5.32 Å². The first-order valence-corrected chi connectivity index (χ1v) is 8.68. The molecule has 1 unspecified atom stereocenters. The fourth-order valence-corrected chi connectivity index (χ4v) is 4.13. The number of hydrogen-bond acceptors (Lipinski definition) is 2. The van der Waals surface area contributed by atoms with Crippen molar-refractivity contribution < 1.29 is 0 Å². The predicted molar refractivity (Wildman–Crippen MR) is 90.8 cm³/mol. The molecule has 1 atom stereocenters. The summed E-state index contributed by atoms with van der Waals surface area (Å²) in [7, 11) is 0. The number of thioether (sulfide) groups is 1. The Morgan fingerprint density at radius 2 is 2.14 bits per heavy atom. The van der Waals surface area contributed by atoms with Gasteiger partial charge in [0.25, 0.3) is 0 Å². The van der Waals surface area contributed by atoms with Crippen molar-refractivity contribution in [2.24, 2.45) is 5.92 Å². The van der Waals surface area contributed by atoms with Crippen LogP contribution in [0.2, 0.25) is 0 Å². The van der Waals surface area contributed by atoms with Crippen LogP contribution in [0.1, 0.15) is 25.0 Å². The van der Waals surface area contributed by atoms with Crippen molar-refractivity contribution in [1.82, 2.24) is 9.88 Å². The molecule has 2 nitrogen and oxygen atoms in total. The lowest BCUT2D eigenvalue weighted by Gasteiger charge is -2.09. The highest BCUT2D eigenvalue weighted by Crippen LogP contribution is 2.37. The molecule has 2 heterocycles. The molecule has 0 saturated carbocycles. The van der Waals surface area contributed by atoms with Crippen molar-refractivity contribution in [2.45, 2.75) is 43.5 Å². The maximum absolute atomic E-state index is 3.50. The van der Waals surface area contributed by atoms with Crippen molar-refractivity contribution >= 4 is 11.8 Å². The van der Waals surface area contributed by atoms with Gasteiger partial charge in [0, 0.05) is 35.6 Å². The fraction of sp³-hybridized carbons (Fsp3) is 0.444. The summed E-state index contributed by atoms with van der Waals surface area (Å²) in [4.78, 5) is 1.47. The second-order valence-electron chi connectivity index (χ2n) is 6.29. The zero-order chi connectivity index (χ0) is 14.7. The standard InChI is InChI=1S/C18H24N2S/c1-14(2)10-19-11-15-7-8-20(12-15)13-17-9-16-5-3-4-6-18(16)21-17/h3-8,12,14,17,19H,9-11,13H2,1-2H3. The van der Waals surface area contributed by atoms with E-state index in [2.05, 4.69) is 66.5 Å². The van der Waals surface area contributed by atoms with Crippen molar-refractivity contribution in [3.05, 3.63) is 53.9 Å². The van der Waals surface area contributed by atoms with Gasteiger partial charge in [-0.05, 0) is 42.1 Å². The van der Waals surface area contributed by atoms with E-state index in [1.54, 1.807) is 0 Å². The minimum absolute atomic E-state index is 0.672. The van der Waals surface area contributed by atoms with Gasteiger partial charge < -0.3 is 9.88 Å². The molecule has 1 aromatic heterocycles. The molecule has 0 bridgehead atoms. The summed E-state index contributed by atoms with van der Waals surface area (Å²) in [5, 5.41) is 4.18.